The number of halogens is 1. The van der Waals surface area contributed by atoms with Crippen molar-refractivity contribution in [3.05, 3.63) is 76.9 Å². The SMILES string of the molecule is O=C1Nc2ccc(F)cc2/C1=C/c1cccc(-c2cccs2)c1. The zero-order chi connectivity index (χ0) is 15.8. The summed E-state index contributed by atoms with van der Waals surface area (Å²) in [6.07, 6.45) is 1.80. The fourth-order valence-corrected chi connectivity index (χ4v) is 3.42. The summed E-state index contributed by atoms with van der Waals surface area (Å²) in [5.74, 6) is -0.550. The lowest BCUT2D eigenvalue weighted by Gasteiger charge is -2.02. The van der Waals surface area contributed by atoms with E-state index in [1.807, 2.05) is 35.7 Å². The second-order valence-electron chi connectivity index (χ2n) is 5.30. The van der Waals surface area contributed by atoms with Crippen molar-refractivity contribution in [1.29, 1.82) is 0 Å². The van der Waals surface area contributed by atoms with Crippen LogP contribution in [-0.4, -0.2) is 5.91 Å². The predicted octanol–water partition coefficient (Wildman–Crippen LogP) is 5.05. The molecule has 1 aromatic heterocycles. The van der Waals surface area contributed by atoms with Gasteiger partial charge in [-0.05, 0) is 52.9 Å². The Hall–Kier alpha value is -2.72. The van der Waals surface area contributed by atoms with E-state index in [-0.39, 0.29) is 11.7 Å². The van der Waals surface area contributed by atoms with Crippen LogP contribution >= 0.6 is 11.3 Å². The van der Waals surface area contributed by atoms with E-state index < -0.39 is 0 Å². The standard InChI is InChI=1S/C19H12FNOS/c20-14-6-7-17-15(11-14)16(19(22)21-17)10-12-3-1-4-13(9-12)18-5-2-8-23-18/h1-11H,(H,21,22)/b16-10-. The first-order chi connectivity index (χ1) is 11.2. The van der Waals surface area contributed by atoms with E-state index in [9.17, 15) is 9.18 Å². The van der Waals surface area contributed by atoms with Crippen LogP contribution in [0, 0.1) is 5.82 Å². The first-order valence-electron chi connectivity index (χ1n) is 7.18. The van der Waals surface area contributed by atoms with Crippen molar-refractivity contribution in [2.75, 3.05) is 5.32 Å². The van der Waals surface area contributed by atoms with E-state index in [1.54, 1.807) is 23.5 Å². The van der Waals surface area contributed by atoms with Crippen molar-refractivity contribution in [1.82, 2.24) is 0 Å². The molecule has 0 atom stereocenters. The average Bonchev–Trinajstić information content (AvgIpc) is 3.18. The molecule has 1 aliphatic rings. The molecule has 2 heterocycles. The van der Waals surface area contributed by atoms with Crippen LogP contribution in [0.25, 0.3) is 22.1 Å². The molecule has 3 aromatic rings. The molecule has 2 nitrogen and oxygen atoms in total. The number of benzene rings is 2. The van der Waals surface area contributed by atoms with Gasteiger partial charge in [-0.25, -0.2) is 4.39 Å². The first-order valence-corrected chi connectivity index (χ1v) is 8.05. The van der Waals surface area contributed by atoms with Gasteiger partial charge >= 0.3 is 0 Å². The molecule has 112 valence electrons. The Morgan fingerprint density at radius 1 is 1.04 bits per heavy atom. The van der Waals surface area contributed by atoms with Gasteiger partial charge in [0.25, 0.3) is 5.91 Å². The summed E-state index contributed by atoms with van der Waals surface area (Å²) in [7, 11) is 0. The summed E-state index contributed by atoms with van der Waals surface area (Å²) >= 11 is 1.67. The molecule has 0 aliphatic carbocycles. The van der Waals surface area contributed by atoms with Crippen molar-refractivity contribution in [2.24, 2.45) is 0 Å². The number of fused-ring (bicyclic) bond motifs is 1. The molecule has 0 unspecified atom stereocenters. The lowest BCUT2D eigenvalue weighted by Crippen LogP contribution is -2.03. The van der Waals surface area contributed by atoms with Crippen LogP contribution in [0.3, 0.4) is 0 Å². The van der Waals surface area contributed by atoms with E-state index in [4.69, 9.17) is 0 Å². The van der Waals surface area contributed by atoms with Gasteiger partial charge in [-0.2, -0.15) is 0 Å². The molecule has 4 rings (SSSR count). The Balaban J connectivity index is 1.78. The molecule has 23 heavy (non-hydrogen) atoms. The fourth-order valence-electron chi connectivity index (χ4n) is 2.69. The molecule has 1 N–H and O–H groups in total. The van der Waals surface area contributed by atoms with Crippen LogP contribution in [0.4, 0.5) is 10.1 Å². The van der Waals surface area contributed by atoms with Crippen LogP contribution in [0.1, 0.15) is 11.1 Å². The number of thiophene rings is 1. The van der Waals surface area contributed by atoms with E-state index in [0.717, 1.165) is 11.1 Å². The zero-order valence-corrected chi connectivity index (χ0v) is 12.9. The normalized spacial score (nSPS) is 14.8. The van der Waals surface area contributed by atoms with Gasteiger partial charge < -0.3 is 5.32 Å². The summed E-state index contributed by atoms with van der Waals surface area (Å²) in [6.45, 7) is 0. The Morgan fingerprint density at radius 3 is 2.78 bits per heavy atom. The summed E-state index contributed by atoms with van der Waals surface area (Å²) < 4.78 is 13.5. The maximum absolute atomic E-state index is 13.5. The van der Waals surface area contributed by atoms with Crippen LogP contribution in [0.15, 0.2) is 60.0 Å². The highest BCUT2D eigenvalue weighted by molar-refractivity contribution is 7.13. The Labute approximate surface area is 136 Å². The first kappa shape index (κ1) is 13.9. The number of amides is 1. The molecule has 0 fully saturated rings. The highest BCUT2D eigenvalue weighted by atomic mass is 32.1. The monoisotopic (exact) mass is 321 g/mol. The average molecular weight is 321 g/mol. The third kappa shape index (κ3) is 2.58. The minimum absolute atomic E-state index is 0.202. The maximum Gasteiger partial charge on any atom is 0.256 e. The van der Waals surface area contributed by atoms with Crippen molar-refractivity contribution in [3.63, 3.8) is 0 Å². The lowest BCUT2D eigenvalue weighted by molar-refractivity contribution is -0.110. The minimum Gasteiger partial charge on any atom is -0.321 e. The van der Waals surface area contributed by atoms with E-state index in [2.05, 4.69) is 11.4 Å². The number of anilines is 1. The van der Waals surface area contributed by atoms with Gasteiger partial charge in [0.2, 0.25) is 0 Å². The third-order valence-corrected chi connectivity index (χ3v) is 4.69. The second-order valence-corrected chi connectivity index (χ2v) is 6.25. The number of rotatable bonds is 2. The molecule has 1 amide bonds. The predicted molar refractivity (Wildman–Crippen MR) is 92.7 cm³/mol. The second kappa shape index (κ2) is 5.48. The number of carbonyl (C=O) groups is 1. The molecular weight excluding hydrogens is 309 g/mol. The van der Waals surface area contributed by atoms with Crippen LogP contribution in [0.2, 0.25) is 0 Å². The van der Waals surface area contributed by atoms with Crippen LogP contribution < -0.4 is 5.32 Å². The molecule has 0 radical (unpaired) electrons. The Morgan fingerprint density at radius 2 is 1.96 bits per heavy atom. The topological polar surface area (TPSA) is 29.1 Å². The quantitative estimate of drug-likeness (QED) is 0.658. The molecule has 2 aromatic carbocycles. The molecule has 0 spiro atoms. The van der Waals surface area contributed by atoms with E-state index >= 15 is 0 Å². The highest BCUT2D eigenvalue weighted by Gasteiger charge is 2.24. The highest BCUT2D eigenvalue weighted by Crippen LogP contribution is 2.34. The van der Waals surface area contributed by atoms with Gasteiger partial charge in [0.15, 0.2) is 0 Å². The van der Waals surface area contributed by atoms with Crippen molar-refractivity contribution >= 4 is 34.6 Å². The molecule has 0 bridgehead atoms. The lowest BCUT2D eigenvalue weighted by atomic mass is 10.0. The van der Waals surface area contributed by atoms with E-state index in [1.165, 1.54) is 17.0 Å². The van der Waals surface area contributed by atoms with Gasteiger partial charge in [0.1, 0.15) is 5.82 Å². The fraction of sp³-hybridized carbons (Fsp3) is 0. The molecule has 4 heteroatoms. The van der Waals surface area contributed by atoms with Gasteiger partial charge in [0, 0.05) is 21.7 Å². The largest absolute Gasteiger partial charge is 0.321 e. The number of hydrogen-bond donors (Lipinski definition) is 1. The van der Waals surface area contributed by atoms with Gasteiger partial charge in [-0.3, -0.25) is 4.79 Å². The Bertz CT molecular complexity index is 928. The van der Waals surface area contributed by atoms with Crippen molar-refractivity contribution < 1.29 is 9.18 Å². The summed E-state index contributed by atoms with van der Waals surface area (Å²) in [5.41, 5.74) is 3.77. The zero-order valence-electron chi connectivity index (χ0n) is 12.0. The van der Waals surface area contributed by atoms with Gasteiger partial charge in [-0.1, -0.05) is 24.3 Å². The van der Waals surface area contributed by atoms with E-state index in [0.29, 0.717) is 16.8 Å². The summed E-state index contributed by atoms with van der Waals surface area (Å²) in [6, 6.07) is 16.4. The van der Waals surface area contributed by atoms with Gasteiger partial charge in [-0.15, -0.1) is 11.3 Å². The summed E-state index contributed by atoms with van der Waals surface area (Å²) in [5, 5.41) is 4.80. The van der Waals surface area contributed by atoms with Crippen LogP contribution in [-0.2, 0) is 4.79 Å². The van der Waals surface area contributed by atoms with Crippen molar-refractivity contribution in [2.45, 2.75) is 0 Å². The summed E-state index contributed by atoms with van der Waals surface area (Å²) in [4.78, 5) is 13.3. The third-order valence-electron chi connectivity index (χ3n) is 3.77. The number of nitrogens with one attached hydrogen (secondary N) is 1. The maximum atomic E-state index is 13.5. The smallest absolute Gasteiger partial charge is 0.256 e. The molecule has 0 saturated heterocycles. The number of hydrogen-bond acceptors (Lipinski definition) is 2. The minimum atomic E-state index is -0.349. The van der Waals surface area contributed by atoms with Crippen molar-refractivity contribution in [3.8, 4) is 10.4 Å². The molecular formula is C19H12FNOS. The molecule has 1 aliphatic heterocycles. The van der Waals surface area contributed by atoms with Crippen LogP contribution in [0.5, 0.6) is 0 Å². The molecule has 0 saturated carbocycles. The Kier molecular flexibility index (Phi) is 3.32. The number of carbonyl (C=O) groups excluding carboxylic acids is 1. The van der Waals surface area contributed by atoms with Gasteiger partial charge in [0.05, 0.1) is 0 Å².